The third-order valence-electron chi connectivity index (χ3n) is 4.91. The quantitative estimate of drug-likeness (QED) is 0.318. The van der Waals surface area contributed by atoms with Gasteiger partial charge in [0, 0.05) is 21.0 Å². The van der Waals surface area contributed by atoms with Crippen LogP contribution in [0.4, 0.5) is 13.2 Å². The van der Waals surface area contributed by atoms with E-state index in [-0.39, 0.29) is 22.7 Å². The molecular weight excluding hydrogens is 451 g/mol. The van der Waals surface area contributed by atoms with Gasteiger partial charge in [-0.2, -0.15) is 0 Å². The molecule has 2 heterocycles. The van der Waals surface area contributed by atoms with Gasteiger partial charge in [0.05, 0.1) is 18.2 Å². The van der Waals surface area contributed by atoms with Crippen LogP contribution >= 0.6 is 22.9 Å². The van der Waals surface area contributed by atoms with Crippen LogP contribution in [0, 0.1) is 17.5 Å². The van der Waals surface area contributed by atoms with Gasteiger partial charge in [0.2, 0.25) is 0 Å². The average molecular weight is 464 g/mol. The minimum Gasteiger partial charge on any atom is -0.507 e. The first-order chi connectivity index (χ1) is 14.8. The zero-order chi connectivity index (χ0) is 22.3. The van der Waals surface area contributed by atoms with E-state index < -0.39 is 46.5 Å². The third-order valence-corrected chi connectivity index (χ3v) is 6.10. The normalized spacial score (nSPS) is 18.1. The number of amides is 1. The van der Waals surface area contributed by atoms with Gasteiger partial charge < -0.3 is 10.0 Å². The molecule has 0 bridgehead atoms. The van der Waals surface area contributed by atoms with Crippen molar-refractivity contribution in [1.29, 1.82) is 0 Å². The minimum atomic E-state index is -1.36. The second-order valence-electron chi connectivity index (χ2n) is 6.77. The number of hydrogen-bond acceptors (Lipinski definition) is 4. The van der Waals surface area contributed by atoms with Gasteiger partial charge in [-0.15, -0.1) is 11.3 Å². The molecule has 9 heteroatoms. The summed E-state index contributed by atoms with van der Waals surface area (Å²) < 4.78 is 41.9. The molecule has 1 saturated heterocycles. The van der Waals surface area contributed by atoms with E-state index in [2.05, 4.69) is 0 Å². The van der Waals surface area contributed by atoms with E-state index in [1.165, 1.54) is 23.5 Å². The number of Topliss-reactive ketones (excluding diaryl/α,β-unsaturated/α-hetero) is 1. The second kappa shape index (κ2) is 8.20. The third kappa shape index (κ3) is 3.73. The van der Waals surface area contributed by atoms with Crippen LogP contribution in [0.1, 0.15) is 22.0 Å². The molecule has 1 unspecified atom stereocenters. The molecule has 1 fully saturated rings. The summed E-state index contributed by atoms with van der Waals surface area (Å²) in [6.07, 6.45) is 0. The minimum absolute atomic E-state index is 0.0356. The smallest absolute Gasteiger partial charge is 0.295 e. The van der Waals surface area contributed by atoms with Crippen molar-refractivity contribution in [2.45, 2.75) is 12.6 Å². The van der Waals surface area contributed by atoms with Crippen LogP contribution in [-0.2, 0) is 16.1 Å². The van der Waals surface area contributed by atoms with Gasteiger partial charge in [-0.25, -0.2) is 13.2 Å². The molecule has 1 amide bonds. The summed E-state index contributed by atoms with van der Waals surface area (Å²) in [4.78, 5) is 27.5. The number of hydrogen-bond donors (Lipinski definition) is 1. The highest BCUT2D eigenvalue weighted by molar-refractivity contribution is 7.09. The average Bonchev–Trinajstić information content (AvgIpc) is 3.32. The molecule has 0 saturated carbocycles. The Kier molecular flexibility index (Phi) is 5.60. The highest BCUT2D eigenvalue weighted by atomic mass is 35.5. The van der Waals surface area contributed by atoms with Crippen LogP contribution in [0.5, 0.6) is 0 Å². The lowest BCUT2D eigenvalue weighted by Crippen LogP contribution is -2.29. The number of ketones is 1. The summed E-state index contributed by atoms with van der Waals surface area (Å²) in [5.74, 6) is -5.99. The van der Waals surface area contributed by atoms with Gasteiger partial charge in [-0.05, 0) is 41.8 Å². The number of benzene rings is 2. The molecule has 3 aromatic rings. The summed E-state index contributed by atoms with van der Waals surface area (Å²) in [6, 6.07) is 8.52. The van der Waals surface area contributed by atoms with Crippen LogP contribution in [0.15, 0.2) is 59.5 Å². The maximum atomic E-state index is 14.8. The van der Waals surface area contributed by atoms with E-state index in [1.54, 1.807) is 17.5 Å². The lowest BCUT2D eigenvalue weighted by molar-refractivity contribution is -0.140. The standard InChI is InChI=1S/C22H13ClF3NO3S/c23-13-4-1-5-15(25)17(13)19-18(20(28)11-6-7-14(24)16(26)9-11)21(29)22(30)27(19)10-12-3-2-8-31-12/h1-9,19,28H,10H2/b20-18+. The first-order valence-electron chi connectivity index (χ1n) is 8.99. The maximum Gasteiger partial charge on any atom is 0.295 e. The predicted molar refractivity (Wildman–Crippen MR) is 110 cm³/mol. The van der Waals surface area contributed by atoms with Crippen molar-refractivity contribution >= 4 is 40.4 Å². The zero-order valence-electron chi connectivity index (χ0n) is 15.6. The number of carbonyl (C=O) groups excluding carboxylic acids is 2. The number of likely N-dealkylation sites (tertiary alicyclic amines) is 1. The molecule has 4 nitrogen and oxygen atoms in total. The van der Waals surface area contributed by atoms with Gasteiger partial charge in [0.15, 0.2) is 11.6 Å². The van der Waals surface area contributed by atoms with Crippen molar-refractivity contribution in [3.05, 3.63) is 98.0 Å². The van der Waals surface area contributed by atoms with Gasteiger partial charge in [-0.1, -0.05) is 23.7 Å². The molecule has 1 atom stereocenters. The molecule has 31 heavy (non-hydrogen) atoms. The van der Waals surface area contributed by atoms with Crippen molar-refractivity contribution < 1.29 is 27.9 Å². The topological polar surface area (TPSA) is 57.6 Å². The molecule has 1 aromatic heterocycles. The zero-order valence-corrected chi connectivity index (χ0v) is 17.2. The van der Waals surface area contributed by atoms with E-state index in [0.717, 1.165) is 23.1 Å². The lowest BCUT2D eigenvalue weighted by Gasteiger charge is -2.26. The summed E-state index contributed by atoms with van der Waals surface area (Å²) in [5, 5.41) is 12.5. The van der Waals surface area contributed by atoms with Crippen molar-refractivity contribution in [3.63, 3.8) is 0 Å². The van der Waals surface area contributed by atoms with Gasteiger partial charge >= 0.3 is 0 Å². The number of thiophene rings is 1. The highest BCUT2D eigenvalue weighted by Crippen LogP contribution is 2.43. The van der Waals surface area contributed by atoms with E-state index in [1.807, 2.05) is 0 Å². The Morgan fingerprint density at radius 3 is 2.45 bits per heavy atom. The second-order valence-corrected chi connectivity index (χ2v) is 8.21. The van der Waals surface area contributed by atoms with Crippen LogP contribution in [0.3, 0.4) is 0 Å². The van der Waals surface area contributed by atoms with E-state index >= 15 is 0 Å². The van der Waals surface area contributed by atoms with Crippen molar-refractivity contribution in [2.75, 3.05) is 0 Å². The maximum absolute atomic E-state index is 14.8. The predicted octanol–water partition coefficient (Wildman–Crippen LogP) is 5.44. The number of carbonyl (C=O) groups is 2. The molecule has 0 aliphatic carbocycles. The first kappa shape index (κ1) is 21.1. The summed E-state index contributed by atoms with van der Waals surface area (Å²) in [6.45, 7) is -0.0356. The number of aliphatic hydroxyl groups excluding tert-OH is 1. The lowest BCUT2D eigenvalue weighted by atomic mass is 9.94. The first-order valence-corrected chi connectivity index (χ1v) is 10.3. The summed E-state index contributed by atoms with van der Waals surface area (Å²) in [5.41, 5.74) is -0.867. The number of nitrogens with zero attached hydrogens (tertiary/aromatic N) is 1. The summed E-state index contributed by atoms with van der Waals surface area (Å²) >= 11 is 7.54. The van der Waals surface area contributed by atoms with Crippen LogP contribution in [0.2, 0.25) is 5.02 Å². The van der Waals surface area contributed by atoms with Crippen molar-refractivity contribution in [3.8, 4) is 0 Å². The fourth-order valence-electron chi connectivity index (χ4n) is 3.48. The number of rotatable bonds is 4. The van der Waals surface area contributed by atoms with Gasteiger partial charge in [0.1, 0.15) is 11.6 Å². The van der Waals surface area contributed by atoms with Crippen molar-refractivity contribution in [1.82, 2.24) is 4.90 Å². The van der Waals surface area contributed by atoms with Gasteiger partial charge in [-0.3, -0.25) is 9.59 Å². The molecule has 1 N–H and O–H groups in total. The molecule has 4 rings (SSSR count). The Labute approximate surface area is 183 Å². The van der Waals surface area contributed by atoms with Crippen LogP contribution in [0.25, 0.3) is 5.76 Å². The van der Waals surface area contributed by atoms with Crippen LogP contribution < -0.4 is 0 Å². The number of aliphatic hydroxyl groups is 1. The molecule has 0 radical (unpaired) electrons. The number of halogens is 4. The SMILES string of the molecule is O=C1C(=O)N(Cc2cccs2)C(c2c(F)cccc2Cl)/C1=C(\O)c1ccc(F)c(F)c1. The molecule has 2 aromatic carbocycles. The Morgan fingerprint density at radius 2 is 1.81 bits per heavy atom. The van der Waals surface area contributed by atoms with E-state index in [4.69, 9.17) is 11.6 Å². The fraction of sp³-hybridized carbons (Fsp3) is 0.0909. The monoisotopic (exact) mass is 463 g/mol. The molecule has 0 spiro atoms. The van der Waals surface area contributed by atoms with Crippen molar-refractivity contribution in [2.24, 2.45) is 0 Å². The molecular formula is C22H13ClF3NO3S. The largest absolute Gasteiger partial charge is 0.507 e. The van der Waals surface area contributed by atoms with Crippen LogP contribution in [-0.4, -0.2) is 21.7 Å². The Hall–Kier alpha value is -3.10. The fourth-order valence-corrected chi connectivity index (χ4v) is 4.45. The summed E-state index contributed by atoms with van der Waals surface area (Å²) in [7, 11) is 0. The molecule has 1 aliphatic heterocycles. The Morgan fingerprint density at radius 1 is 1.03 bits per heavy atom. The van der Waals surface area contributed by atoms with E-state index in [9.17, 15) is 27.9 Å². The Balaban J connectivity index is 1.94. The highest BCUT2D eigenvalue weighted by Gasteiger charge is 2.47. The van der Waals surface area contributed by atoms with E-state index in [0.29, 0.717) is 10.9 Å². The van der Waals surface area contributed by atoms with Gasteiger partial charge in [0.25, 0.3) is 11.7 Å². The molecule has 1 aliphatic rings. The Bertz CT molecular complexity index is 1210. The molecule has 158 valence electrons.